The van der Waals surface area contributed by atoms with Crippen LogP contribution in [0.3, 0.4) is 0 Å². The van der Waals surface area contributed by atoms with Gasteiger partial charge in [-0.25, -0.2) is 0 Å². The maximum atomic E-state index is 11.2. The summed E-state index contributed by atoms with van der Waals surface area (Å²) in [5.41, 5.74) is -0.604. The molecule has 15 heavy (non-hydrogen) atoms. The lowest BCUT2D eigenvalue weighted by molar-refractivity contribution is -0.176. The number of aromatic nitrogens is 1. The molecule has 0 amide bonds. The molecular formula is C10H13NO3P. The van der Waals surface area contributed by atoms with Crippen LogP contribution < -0.4 is 0 Å². The van der Waals surface area contributed by atoms with Crippen molar-refractivity contribution < 1.29 is 14.0 Å². The van der Waals surface area contributed by atoms with Crippen molar-refractivity contribution >= 4 is 8.46 Å². The second-order valence-electron chi connectivity index (χ2n) is 2.72. The molecule has 0 saturated carbocycles. The van der Waals surface area contributed by atoms with E-state index < -0.39 is 5.53 Å². The first kappa shape index (κ1) is 12.2. The summed E-state index contributed by atoms with van der Waals surface area (Å²) >= 11 is 0. The van der Waals surface area contributed by atoms with Gasteiger partial charge in [0.2, 0.25) is 8.46 Å². The lowest BCUT2D eigenvalue weighted by Gasteiger charge is -2.26. The fourth-order valence-corrected chi connectivity index (χ4v) is 1.81. The fraction of sp³-hybridized carbons (Fsp3) is 0.500. The molecule has 1 aromatic rings. The van der Waals surface area contributed by atoms with Gasteiger partial charge in [-0.2, -0.15) is 0 Å². The van der Waals surface area contributed by atoms with Crippen LogP contribution in [0.5, 0.6) is 0 Å². The third-order valence-electron chi connectivity index (χ3n) is 1.78. The van der Waals surface area contributed by atoms with E-state index >= 15 is 0 Å². The van der Waals surface area contributed by atoms with Crippen molar-refractivity contribution in [1.29, 1.82) is 0 Å². The minimum atomic E-state index is -1.23. The molecule has 0 aliphatic carbocycles. The number of hydrogen-bond donors (Lipinski definition) is 0. The zero-order chi connectivity index (χ0) is 11.1. The van der Waals surface area contributed by atoms with Gasteiger partial charge < -0.3 is 9.47 Å². The van der Waals surface area contributed by atoms with Crippen LogP contribution in [-0.4, -0.2) is 18.2 Å². The van der Waals surface area contributed by atoms with E-state index in [1.807, 2.05) is 13.8 Å². The topological polar surface area (TPSA) is 48.4 Å². The Morgan fingerprint density at radius 1 is 1.47 bits per heavy atom. The SMILES string of the molecule is CCOC(OCC)(P=O)c1cc[c]nc1. The minimum absolute atomic E-state index is 0.233. The van der Waals surface area contributed by atoms with Crippen LogP contribution >= 0.6 is 8.46 Å². The van der Waals surface area contributed by atoms with Gasteiger partial charge in [0.1, 0.15) is 0 Å². The van der Waals surface area contributed by atoms with Gasteiger partial charge in [-0.05, 0) is 26.0 Å². The predicted molar refractivity (Wildman–Crippen MR) is 55.6 cm³/mol. The Morgan fingerprint density at radius 3 is 2.53 bits per heavy atom. The van der Waals surface area contributed by atoms with E-state index in [1.165, 1.54) is 6.20 Å². The van der Waals surface area contributed by atoms with Gasteiger partial charge in [0, 0.05) is 25.0 Å². The van der Waals surface area contributed by atoms with Gasteiger partial charge in [-0.1, -0.05) is 0 Å². The van der Waals surface area contributed by atoms with Crippen LogP contribution in [0.4, 0.5) is 0 Å². The summed E-state index contributed by atoms with van der Waals surface area (Å²) in [6, 6.07) is 3.36. The third kappa shape index (κ3) is 2.81. The first-order chi connectivity index (χ1) is 7.29. The van der Waals surface area contributed by atoms with Crippen LogP contribution in [0.25, 0.3) is 0 Å². The fourth-order valence-electron chi connectivity index (χ4n) is 1.21. The molecule has 0 N–H and O–H groups in total. The van der Waals surface area contributed by atoms with Crippen LogP contribution in [0.15, 0.2) is 18.3 Å². The highest BCUT2D eigenvalue weighted by molar-refractivity contribution is 7.24. The normalized spacial score (nSPS) is 11.9. The molecule has 0 unspecified atom stereocenters. The van der Waals surface area contributed by atoms with Crippen molar-refractivity contribution in [3.63, 3.8) is 0 Å². The molecule has 5 heteroatoms. The van der Waals surface area contributed by atoms with Crippen molar-refractivity contribution in [3.8, 4) is 0 Å². The van der Waals surface area contributed by atoms with Gasteiger partial charge in [-0.3, -0.25) is 9.55 Å². The average molecular weight is 226 g/mol. The Kier molecular flexibility index (Phi) is 4.82. The van der Waals surface area contributed by atoms with E-state index in [0.29, 0.717) is 18.8 Å². The van der Waals surface area contributed by atoms with Crippen molar-refractivity contribution in [2.75, 3.05) is 13.2 Å². The Hall–Kier alpha value is -0.830. The highest BCUT2D eigenvalue weighted by Crippen LogP contribution is 2.37. The van der Waals surface area contributed by atoms with Crippen molar-refractivity contribution in [1.82, 2.24) is 4.98 Å². The third-order valence-corrected chi connectivity index (χ3v) is 2.54. The Labute approximate surface area is 90.8 Å². The van der Waals surface area contributed by atoms with E-state index in [0.717, 1.165) is 0 Å². The summed E-state index contributed by atoms with van der Waals surface area (Å²) in [5, 5.41) is 0. The Morgan fingerprint density at radius 2 is 2.13 bits per heavy atom. The van der Waals surface area contributed by atoms with Gasteiger partial charge >= 0.3 is 0 Å². The molecule has 1 aromatic heterocycles. The maximum absolute atomic E-state index is 11.2. The van der Waals surface area contributed by atoms with E-state index in [1.54, 1.807) is 12.1 Å². The number of ether oxygens (including phenoxy) is 2. The van der Waals surface area contributed by atoms with Crippen molar-refractivity contribution in [2.45, 2.75) is 19.4 Å². The molecule has 4 nitrogen and oxygen atoms in total. The lowest BCUT2D eigenvalue weighted by Crippen LogP contribution is -2.27. The number of nitrogens with zero attached hydrogens (tertiary/aromatic N) is 1. The molecule has 0 atom stereocenters. The van der Waals surface area contributed by atoms with Gasteiger partial charge in [0.05, 0.1) is 6.20 Å². The van der Waals surface area contributed by atoms with Gasteiger partial charge in [0.25, 0.3) is 5.53 Å². The highest BCUT2D eigenvalue weighted by Gasteiger charge is 2.35. The number of rotatable bonds is 6. The molecule has 1 rings (SSSR count). The summed E-state index contributed by atoms with van der Waals surface area (Å²) < 4.78 is 22.0. The van der Waals surface area contributed by atoms with Crippen molar-refractivity contribution in [2.24, 2.45) is 0 Å². The molecule has 1 heterocycles. The summed E-state index contributed by atoms with van der Waals surface area (Å²) in [6.07, 6.45) is 4.18. The molecule has 0 aliphatic rings. The molecule has 0 fully saturated rings. The standard InChI is InChI=1S/C10H13NO3P/c1-3-13-10(15-12,14-4-2)9-6-5-7-11-8-9/h5-6,8H,3-4H2,1-2H3. The summed E-state index contributed by atoms with van der Waals surface area (Å²) in [5.74, 6) is 0. The summed E-state index contributed by atoms with van der Waals surface area (Å²) in [7, 11) is -0.233. The van der Waals surface area contributed by atoms with Gasteiger partial charge in [-0.15, -0.1) is 0 Å². The first-order valence-corrected chi connectivity index (χ1v) is 5.55. The predicted octanol–water partition coefficient (Wildman–Crippen LogP) is 2.36. The Balaban J connectivity index is 3.03. The monoisotopic (exact) mass is 226 g/mol. The van der Waals surface area contributed by atoms with E-state index in [-0.39, 0.29) is 8.46 Å². The van der Waals surface area contributed by atoms with E-state index in [2.05, 4.69) is 11.2 Å². The Bertz CT molecular complexity index is 299. The lowest BCUT2D eigenvalue weighted by atomic mass is 10.3. The molecule has 0 aromatic carbocycles. The summed E-state index contributed by atoms with van der Waals surface area (Å²) in [6.45, 7) is 4.46. The first-order valence-electron chi connectivity index (χ1n) is 4.74. The second-order valence-corrected chi connectivity index (χ2v) is 3.49. The highest BCUT2D eigenvalue weighted by atomic mass is 31.1. The average Bonchev–Trinajstić information content (AvgIpc) is 2.30. The van der Waals surface area contributed by atoms with Gasteiger partial charge in [0.15, 0.2) is 0 Å². The van der Waals surface area contributed by atoms with Crippen LogP contribution in [0, 0.1) is 6.20 Å². The minimum Gasteiger partial charge on any atom is -0.337 e. The summed E-state index contributed by atoms with van der Waals surface area (Å²) in [4.78, 5) is 3.83. The smallest absolute Gasteiger partial charge is 0.280 e. The zero-order valence-corrected chi connectivity index (χ0v) is 9.66. The van der Waals surface area contributed by atoms with Crippen LogP contribution in [-0.2, 0) is 19.6 Å². The molecule has 0 aliphatic heterocycles. The molecule has 1 radical (unpaired) electrons. The molecular weight excluding hydrogens is 213 g/mol. The molecule has 0 saturated heterocycles. The number of pyridine rings is 1. The van der Waals surface area contributed by atoms with Crippen LogP contribution in [0.2, 0.25) is 0 Å². The zero-order valence-electron chi connectivity index (χ0n) is 8.77. The van der Waals surface area contributed by atoms with E-state index in [9.17, 15) is 4.57 Å². The largest absolute Gasteiger partial charge is 0.337 e. The van der Waals surface area contributed by atoms with E-state index in [4.69, 9.17) is 9.47 Å². The number of hydrogen-bond acceptors (Lipinski definition) is 4. The van der Waals surface area contributed by atoms with Crippen molar-refractivity contribution in [3.05, 3.63) is 30.1 Å². The van der Waals surface area contributed by atoms with Crippen LogP contribution in [0.1, 0.15) is 19.4 Å². The molecule has 0 bridgehead atoms. The quantitative estimate of drug-likeness (QED) is 0.551. The maximum Gasteiger partial charge on any atom is 0.280 e. The molecule has 81 valence electrons. The molecule has 0 spiro atoms. The second kappa shape index (κ2) is 5.91.